The van der Waals surface area contributed by atoms with Crippen molar-refractivity contribution in [2.24, 2.45) is 5.41 Å². The molecule has 1 aromatic heterocycles. The average molecular weight is 295 g/mol. The highest BCUT2D eigenvalue weighted by Crippen LogP contribution is 2.32. The van der Waals surface area contributed by atoms with Crippen LogP contribution in [0, 0.1) is 5.41 Å². The van der Waals surface area contributed by atoms with E-state index in [-0.39, 0.29) is 10.5 Å². The number of thiazole rings is 1. The fraction of sp³-hybridized carbons (Fsp3) is 0.538. The van der Waals surface area contributed by atoms with Crippen LogP contribution >= 0.6 is 11.3 Å². The Balaban J connectivity index is 2.41. The molecule has 108 valence electrons. The first-order valence-electron chi connectivity index (χ1n) is 6.21. The van der Waals surface area contributed by atoms with Crippen LogP contribution in [0.4, 0.5) is 9.93 Å². The molecule has 0 unspecified atom stereocenters. The smallest absolute Gasteiger partial charge is 0.276 e. The number of amides is 4. The van der Waals surface area contributed by atoms with E-state index in [1.54, 1.807) is 0 Å². The maximum absolute atomic E-state index is 12.3. The molecule has 1 saturated heterocycles. The van der Waals surface area contributed by atoms with Gasteiger partial charge in [0.05, 0.1) is 5.69 Å². The minimum Gasteiger partial charge on any atom is -0.276 e. The lowest BCUT2D eigenvalue weighted by Crippen LogP contribution is -2.62. The molecule has 20 heavy (non-hydrogen) atoms. The molecule has 1 aliphatic rings. The monoisotopic (exact) mass is 295 g/mol. The first-order chi connectivity index (χ1) is 9.05. The number of imide groups is 2. The van der Waals surface area contributed by atoms with Crippen LogP contribution < -0.4 is 10.2 Å². The number of hydrogen-bond donors (Lipinski definition) is 1. The maximum atomic E-state index is 12.3. The van der Waals surface area contributed by atoms with Crippen molar-refractivity contribution < 1.29 is 14.4 Å². The Kier molecular flexibility index (Phi) is 3.20. The first kappa shape index (κ1) is 14.6. The number of barbiturate groups is 1. The number of carbonyl (C=O) groups is 3. The standard InChI is InChI=1S/C13H17N3O3S/c1-12(2,3)7-6-20-11(14-7)16-9(18)13(4,5)8(17)15-10(16)19/h6H,1-5H3,(H,15,17,19). The molecule has 1 aliphatic heterocycles. The Bertz CT molecular complexity index is 598. The van der Waals surface area contributed by atoms with E-state index in [1.165, 1.54) is 25.2 Å². The van der Waals surface area contributed by atoms with Crippen molar-refractivity contribution in [2.45, 2.75) is 40.0 Å². The lowest BCUT2D eigenvalue weighted by molar-refractivity contribution is -0.140. The summed E-state index contributed by atoms with van der Waals surface area (Å²) in [4.78, 5) is 41.2. The van der Waals surface area contributed by atoms with Crippen molar-refractivity contribution >= 4 is 34.3 Å². The third kappa shape index (κ3) is 2.22. The highest BCUT2D eigenvalue weighted by Gasteiger charge is 2.48. The number of aromatic nitrogens is 1. The normalized spacial score (nSPS) is 19.2. The summed E-state index contributed by atoms with van der Waals surface area (Å²) in [6.45, 7) is 8.97. The molecule has 4 amide bonds. The summed E-state index contributed by atoms with van der Waals surface area (Å²) >= 11 is 1.21. The Morgan fingerprint density at radius 3 is 2.35 bits per heavy atom. The van der Waals surface area contributed by atoms with E-state index in [4.69, 9.17) is 0 Å². The molecule has 0 bridgehead atoms. The summed E-state index contributed by atoms with van der Waals surface area (Å²) in [6.07, 6.45) is 0. The Morgan fingerprint density at radius 1 is 1.25 bits per heavy atom. The van der Waals surface area contributed by atoms with Crippen LogP contribution in [0.1, 0.15) is 40.3 Å². The van der Waals surface area contributed by atoms with Crippen LogP contribution in [0.5, 0.6) is 0 Å². The third-order valence-electron chi connectivity index (χ3n) is 3.18. The van der Waals surface area contributed by atoms with E-state index in [1.807, 2.05) is 26.2 Å². The van der Waals surface area contributed by atoms with Gasteiger partial charge in [0, 0.05) is 10.8 Å². The molecular formula is C13H17N3O3S. The number of anilines is 1. The van der Waals surface area contributed by atoms with E-state index in [0.29, 0.717) is 0 Å². The quantitative estimate of drug-likeness (QED) is 0.804. The molecule has 0 aliphatic carbocycles. The van der Waals surface area contributed by atoms with Gasteiger partial charge in [-0.1, -0.05) is 20.8 Å². The van der Waals surface area contributed by atoms with Gasteiger partial charge in [0.1, 0.15) is 5.41 Å². The summed E-state index contributed by atoms with van der Waals surface area (Å²) in [5.41, 5.74) is -0.649. The van der Waals surface area contributed by atoms with Gasteiger partial charge in [-0.2, -0.15) is 0 Å². The third-order valence-corrected chi connectivity index (χ3v) is 4.01. The summed E-state index contributed by atoms with van der Waals surface area (Å²) in [5.74, 6) is -1.14. The van der Waals surface area contributed by atoms with Crippen molar-refractivity contribution in [1.29, 1.82) is 0 Å². The predicted octanol–water partition coefficient (Wildman–Crippen LogP) is 2.05. The molecule has 1 fully saturated rings. The Morgan fingerprint density at radius 2 is 1.85 bits per heavy atom. The largest absolute Gasteiger partial charge is 0.337 e. The van der Waals surface area contributed by atoms with E-state index in [2.05, 4.69) is 10.3 Å². The van der Waals surface area contributed by atoms with Gasteiger partial charge in [-0.05, 0) is 13.8 Å². The zero-order chi connectivity index (χ0) is 15.3. The van der Waals surface area contributed by atoms with Gasteiger partial charge in [-0.25, -0.2) is 14.7 Å². The molecule has 6 nitrogen and oxygen atoms in total. The van der Waals surface area contributed by atoms with Gasteiger partial charge in [-0.15, -0.1) is 11.3 Å². The second-order valence-corrected chi connectivity index (χ2v) is 7.13. The zero-order valence-electron chi connectivity index (χ0n) is 12.1. The fourth-order valence-corrected chi connectivity index (χ4v) is 2.71. The summed E-state index contributed by atoms with van der Waals surface area (Å²) in [6, 6.07) is -0.742. The highest BCUT2D eigenvalue weighted by molar-refractivity contribution is 7.14. The fourth-order valence-electron chi connectivity index (χ4n) is 1.66. The molecule has 0 saturated carbocycles. The predicted molar refractivity (Wildman–Crippen MR) is 75.6 cm³/mol. The number of hydrogen-bond acceptors (Lipinski definition) is 5. The number of urea groups is 1. The Hall–Kier alpha value is -1.76. The van der Waals surface area contributed by atoms with Gasteiger partial charge in [0.2, 0.25) is 11.0 Å². The van der Waals surface area contributed by atoms with Crippen molar-refractivity contribution in [2.75, 3.05) is 4.90 Å². The number of rotatable bonds is 1. The molecule has 0 atom stereocenters. The van der Waals surface area contributed by atoms with Crippen LogP contribution in [0.2, 0.25) is 0 Å². The highest BCUT2D eigenvalue weighted by atomic mass is 32.1. The van der Waals surface area contributed by atoms with Crippen LogP contribution in [0.3, 0.4) is 0 Å². The topological polar surface area (TPSA) is 79.4 Å². The van der Waals surface area contributed by atoms with Gasteiger partial charge in [-0.3, -0.25) is 14.9 Å². The summed E-state index contributed by atoms with van der Waals surface area (Å²) in [7, 11) is 0. The maximum Gasteiger partial charge on any atom is 0.337 e. The SMILES string of the molecule is CC1(C)C(=O)NC(=O)N(c2nc(C(C)(C)C)cs2)C1=O. The molecule has 1 aromatic rings. The van der Waals surface area contributed by atoms with Crippen molar-refractivity contribution in [3.8, 4) is 0 Å². The summed E-state index contributed by atoms with van der Waals surface area (Å²) < 4.78 is 0. The lowest BCUT2D eigenvalue weighted by atomic mass is 9.89. The minimum atomic E-state index is -1.28. The molecule has 1 N–H and O–H groups in total. The minimum absolute atomic E-state index is 0.171. The molecule has 2 rings (SSSR count). The van der Waals surface area contributed by atoms with Gasteiger partial charge in [0.15, 0.2) is 0 Å². The number of carbonyl (C=O) groups excluding carboxylic acids is 3. The van der Waals surface area contributed by atoms with E-state index in [0.717, 1.165) is 10.6 Å². The van der Waals surface area contributed by atoms with Crippen molar-refractivity contribution in [3.63, 3.8) is 0 Å². The molecule has 0 spiro atoms. The molecular weight excluding hydrogens is 278 g/mol. The number of nitrogens with zero attached hydrogens (tertiary/aromatic N) is 2. The van der Waals surface area contributed by atoms with Crippen molar-refractivity contribution in [3.05, 3.63) is 11.1 Å². The van der Waals surface area contributed by atoms with Crippen LogP contribution in [0.15, 0.2) is 5.38 Å². The van der Waals surface area contributed by atoms with E-state index in [9.17, 15) is 14.4 Å². The van der Waals surface area contributed by atoms with Crippen LogP contribution in [-0.4, -0.2) is 22.8 Å². The zero-order valence-corrected chi connectivity index (χ0v) is 12.9. The first-order valence-corrected chi connectivity index (χ1v) is 7.09. The van der Waals surface area contributed by atoms with E-state index < -0.39 is 23.3 Å². The second-order valence-electron chi connectivity index (χ2n) is 6.29. The molecule has 0 radical (unpaired) electrons. The summed E-state index contributed by atoms with van der Waals surface area (Å²) in [5, 5.41) is 4.30. The molecule has 0 aromatic carbocycles. The van der Waals surface area contributed by atoms with Gasteiger partial charge >= 0.3 is 6.03 Å². The average Bonchev–Trinajstić information content (AvgIpc) is 2.76. The lowest BCUT2D eigenvalue weighted by Gasteiger charge is -2.32. The van der Waals surface area contributed by atoms with Gasteiger partial charge < -0.3 is 0 Å². The molecule has 7 heteroatoms. The van der Waals surface area contributed by atoms with Gasteiger partial charge in [0.25, 0.3) is 5.91 Å². The van der Waals surface area contributed by atoms with Crippen LogP contribution in [-0.2, 0) is 15.0 Å². The van der Waals surface area contributed by atoms with E-state index >= 15 is 0 Å². The number of nitrogens with one attached hydrogen (secondary N) is 1. The second kappa shape index (κ2) is 4.37. The Labute approximate surface area is 121 Å². The van der Waals surface area contributed by atoms with Crippen LogP contribution in [0.25, 0.3) is 0 Å². The van der Waals surface area contributed by atoms with Crippen molar-refractivity contribution in [1.82, 2.24) is 10.3 Å². The molecule has 2 heterocycles.